The highest BCUT2D eigenvalue weighted by Crippen LogP contribution is 2.46. The molecule has 15 aromatic rings. The van der Waals surface area contributed by atoms with Crippen LogP contribution in [0.3, 0.4) is 0 Å². The van der Waals surface area contributed by atoms with Crippen LogP contribution in [0.2, 0.25) is 0 Å². The summed E-state index contributed by atoms with van der Waals surface area (Å²) < 4.78 is 12.0. The van der Waals surface area contributed by atoms with Gasteiger partial charge in [0.2, 0.25) is 0 Å². The lowest BCUT2D eigenvalue weighted by molar-refractivity contribution is 0.0939. The van der Waals surface area contributed by atoms with Gasteiger partial charge in [0.05, 0.1) is 47.0 Å². The molecule has 2 amide bonds. The maximum Gasteiger partial charge on any atom is 0.252 e. The van der Waals surface area contributed by atoms with Crippen LogP contribution in [-0.4, -0.2) is 109 Å². The molecule has 0 aliphatic heterocycles. The number of aromatic nitrogens is 4. The number of amides is 2. The van der Waals surface area contributed by atoms with E-state index in [0.29, 0.717) is 157 Å². The zero-order valence-electron chi connectivity index (χ0n) is 73.6. The molecular weight excluding hydrogens is 1630 g/mol. The molecule has 0 fully saturated rings. The highest BCUT2D eigenvalue weighted by atomic mass is 16.5. The number of rotatable bonds is 14. The van der Waals surface area contributed by atoms with Crippen LogP contribution < -0.4 is 20.1 Å². The second-order valence-electron chi connectivity index (χ2n) is 34.9. The molecule has 2 aliphatic carbocycles. The summed E-state index contributed by atoms with van der Waals surface area (Å²) in [5.41, 5.74) is 24.7. The molecule has 4 heterocycles. The Labute approximate surface area is 753 Å². The molecule has 20 nitrogen and oxygen atoms in total. The maximum absolute atomic E-state index is 13.4. The van der Waals surface area contributed by atoms with Gasteiger partial charge in [-0.2, -0.15) is 0 Å². The first-order valence-corrected chi connectivity index (χ1v) is 43.5. The van der Waals surface area contributed by atoms with Gasteiger partial charge in [0, 0.05) is 106 Å². The molecular formula is C110H100N6O14. The zero-order chi connectivity index (χ0) is 91.0. The van der Waals surface area contributed by atoms with Crippen molar-refractivity contribution in [3.05, 3.63) is 386 Å². The molecule has 130 heavy (non-hydrogen) atoms. The fourth-order valence-electron chi connectivity index (χ4n) is 18.4. The molecule has 4 aromatic heterocycles. The summed E-state index contributed by atoms with van der Waals surface area (Å²) in [7, 11) is 0. The van der Waals surface area contributed by atoms with Gasteiger partial charge in [-0.05, 0) is 251 Å². The number of benzene rings is 11. The largest absolute Gasteiger partial charge is 0.507 e. The van der Waals surface area contributed by atoms with E-state index in [1.165, 1.54) is 12.4 Å². The number of nitrogens with zero attached hydrogens (tertiary/aromatic N) is 4. The van der Waals surface area contributed by atoms with Crippen molar-refractivity contribution in [3.63, 3.8) is 0 Å². The maximum atomic E-state index is 13.4. The van der Waals surface area contributed by atoms with Crippen LogP contribution in [0.4, 0.5) is 0 Å². The zero-order valence-corrected chi connectivity index (χ0v) is 73.6. The van der Waals surface area contributed by atoms with Gasteiger partial charge in [-0.15, -0.1) is 0 Å². The summed E-state index contributed by atoms with van der Waals surface area (Å²) in [4.78, 5) is 45.8. The normalized spacial score (nSPS) is 12.5. The average molecular weight is 1730 g/mol. The molecule has 17 rings (SSSR count). The molecule has 20 heteroatoms. The molecule has 0 saturated carbocycles. The number of carbonyl (C=O) groups excluding carboxylic acids is 2. The van der Waals surface area contributed by atoms with Crippen LogP contribution >= 0.6 is 0 Å². The summed E-state index contributed by atoms with van der Waals surface area (Å²) in [5, 5.41) is 127. The van der Waals surface area contributed by atoms with Crippen molar-refractivity contribution in [1.29, 1.82) is 0 Å². The average Bonchev–Trinajstić information content (AvgIpc) is 0.778. The SMILES string of the molecule is Cc1cc2c(O)c(c1)Cc1cc(C)cc(c1O)Cc1cc(-c3ccc(-c4ccc(C(=O)NCCOc5cccc(OCCNC(=O)c6ccc(-c7ccc(-c8cc9c(O)c(c8)Cc8cc(C)cc(c8O)Cc8cc(C)cc(c8O)Cc8cc(C)cc(c8O)Cc8cc(C)cc(c8O)C9)cn7)nc6)c5)cn4)nc3)cc(c1O)Cc1cc(C)cc(c1O)Cc1cc(C)cc(c1O)C2. The Morgan fingerprint density at radius 1 is 0.246 bits per heavy atom. The van der Waals surface area contributed by atoms with Crippen molar-refractivity contribution in [1.82, 2.24) is 30.6 Å². The van der Waals surface area contributed by atoms with Crippen LogP contribution in [0.1, 0.15) is 176 Å². The Morgan fingerprint density at radius 3 is 0.623 bits per heavy atom. The number of hydrogen-bond acceptors (Lipinski definition) is 18. The van der Waals surface area contributed by atoms with E-state index < -0.39 is 0 Å². The number of aromatic hydroxyl groups is 10. The third-order valence-electron chi connectivity index (χ3n) is 24.5. The van der Waals surface area contributed by atoms with E-state index in [4.69, 9.17) is 19.4 Å². The van der Waals surface area contributed by atoms with Crippen LogP contribution in [0.25, 0.3) is 45.0 Å². The molecule has 12 N–H and O–H groups in total. The van der Waals surface area contributed by atoms with Crippen molar-refractivity contribution in [2.75, 3.05) is 26.3 Å². The van der Waals surface area contributed by atoms with E-state index in [0.717, 1.165) is 66.8 Å². The van der Waals surface area contributed by atoms with Crippen molar-refractivity contribution >= 4 is 11.8 Å². The van der Waals surface area contributed by atoms with E-state index in [1.54, 1.807) is 60.9 Å². The van der Waals surface area contributed by atoms with Crippen LogP contribution in [0, 0.1) is 55.4 Å². The third-order valence-corrected chi connectivity index (χ3v) is 24.5. The second-order valence-corrected chi connectivity index (χ2v) is 34.9. The topological polar surface area (TPSA) is 331 Å². The van der Waals surface area contributed by atoms with Crippen LogP contribution in [0.5, 0.6) is 69.0 Å². The number of phenols is 10. The van der Waals surface area contributed by atoms with E-state index in [-0.39, 0.29) is 160 Å². The molecule has 11 aromatic carbocycles. The van der Waals surface area contributed by atoms with Crippen molar-refractivity contribution in [2.24, 2.45) is 0 Å². The highest BCUT2D eigenvalue weighted by Gasteiger charge is 2.27. The van der Waals surface area contributed by atoms with E-state index in [2.05, 4.69) is 20.6 Å². The Kier molecular flexibility index (Phi) is 24.3. The van der Waals surface area contributed by atoms with Gasteiger partial charge in [-0.25, -0.2) is 0 Å². The third kappa shape index (κ3) is 18.9. The lowest BCUT2D eigenvalue weighted by Crippen LogP contribution is -2.28. The van der Waals surface area contributed by atoms with Gasteiger partial charge >= 0.3 is 0 Å². The molecule has 0 saturated heterocycles. The molecule has 0 spiro atoms. The predicted octanol–water partition coefficient (Wildman–Crippen LogP) is 19.6. The Balaban J connectivity index is 0.514. The Bertz CT molecular complexity index is 6300. The number of fused-ring (bicyclic) bond motifs is 20. The number of hydrogen-bond donors (Lipinski definition) is 12. The van der Waals surface area contributed by atoms with Crippen LogP contribution in [0.15, 0.2) is 219 Å². The summed E-state index contributed by atoms with van der Waals surface area (Å²) in [6, 6.07) is 59.3. The Hall–Kier alpha value is -15.4. The first-order chi connectivity index (χ1) is 62.5. The summed E-state index contributed by atoms with van der Waals surface area (Å²) in [6.45, 7) is 16.2. The number of pyridine rings is 4. The highest BCUT2D eigenvalue weighted by molar-refractivity contribution is 5.95. The smallest absolute Gasteiger partial charge is 0.252 e. The van der Waals surface area contributed by atoms with Gasteiger partial charge in [0.25, 0.3) is 11.8 Å². The van der Waals surface area contributed by atoms with Gasteiger partial charge < -0.3 is 71.2 Å². The van der Waals surface area contributed by atoms with Crippen molar-refractivity contribution in [3.8, 4) is 114 Å². The molecule has 0 unspecified atom stereocenters. The van der Waals surface area contributed by atoms with Gasteiger partial charge in [-0.1, -0.05) is 160 Å². The predicted molar refractivity (Wildman–Crippen MR) is 502 cm³/mol. The fraction of sp³-hybridized carbons (Fsp3) is 0.200. The summed E-state index contributed by atoms with van der Waals surface area (Å²) in [6.07, 6.45) is 8.38. The minimum Gasteiger partial charge on any atom is -0.507 e. The van der Waals surface area contributed by atoms with E-state index in [9.17, 15) is 60.7 Å². The van der Waals surface area contributed by atoms with Gasteiger partial charge in [0.1, 0.15) is 82.2 Å². The van der Waals surface area contributed by atoms with Crippen molar-refractivity contribution in [2.45, 2.75) is 120 Å². The summed E-state index contributed by atoms with van der Waals surface area (Å²) in [5.74, 6) is 0.782. The van der Waals surface area contributed by atoms with E-state index >= 15 is 0 Å². The minimum atomic E-state index is -0.356. The fourth-order valence-corrected chi connectivity index (χ4v) is 18.4. The molecule has 0 atom stereocenters. The lowest BCUT2D eigenvalue weighted by atomic mass is 9.88. The second kappa shape index (κ2) is 36.5. The van der Waals surface area contributed by atoms with Crippen molar-refractivity contribution < 1.29 is 70.1 Å². The van der Waals surface area contributed by atoms with Gasteiger partial charge in [0.15, 0.2) is 0 Å². The monoisotopic (exact) mass is 1730 g/mol. The standard InChI is InChI=1S/C110H100N6O14/c1-59-24-73-44-74-25-60(2)29-78(100(74)118)47-82-33-64(6)37-86(104(82)122)51-90-41-71(40-89(107(90)125)50-85-36-63(5)32-81(103(85)121)46-77(28-59)99(73)117)67-12-16-95(113-55-67)97-18-14-69(57-115-97)109(127)111-20-22-129-93-10-9-11-94(54-93)130-23-21-112-110(128)70-15-19-98(116-58-70)96-17-13-68(56-114-96)72-42-91-52-87-38-65(7)34-83(105(87)123)48-79-30-61(3)26-75(101(79)119)45-76-27-62(4)31-80(102(76)120)49-84-35-66(8)39-88(106(84)124)53-92(43-72)108(91)126/h9-19,24-43,54-58,117-126H,20-23,44-53H2,1-8H3,(H,111,127)(H,112,128). The first-order valence-electron chi connectivity index (χ1n) is 43.5. The molecule has 654 valence electrons. The molecule has 0 radical (unpaired) electrons. The quantitative estimate of drug-likeness (QED) is 0.0450. The molecule has 20 bridgehead atoms. The minimum absolute atomic E-state index is 0.00596. The molecule has 2 aliphatic rings. The van der Waals surface area contributed by atoms with Gasteiger partial charge in [-0.3, -0.25) is 29.5 Å². The first kappa shape index (κ1) is 86.7. The number of carbonyl (C=O) groups is 2. The lowest BCUT2D eigenvalue weighted by Gasteiger charge is -2.19. The van der Waals surface area contributed by atoms with Crippen LogP contribution in [-0.2, 0) is 64.2 Å². The summed E-state index contributed by atoms with van der Waals surface area (Å²) >= 11 is 0. The number of aryl methyl sites for hydroxylation is 8. The Morgan fingerprint density at radius 2 is 0.438 bits per heavy atom. The number of phenolic OH excluding ortho intramolecular Hbond substituents is 10. The van der Waals surface area contributed by atoms with E-state index in [1.807, 2.05) is 201 Å². The number of ether oxygens (including phenoxy) is 2. The number of nitrogens with one attached hydrogen (secondary N) is 2.